The van der Waals surface area contributed by atoms with Gasteiger partial charge in [-0.25, -0.2) is 18.5 Å². The zero-order chi connectivity index (χ0) is 21.9. The molecule has 30 heavy (non-hydrogen) atoms. The van der Waals surface area contributed by atoms with Crippen LogP contribution in [0.5, 0.6) is 0 Å². The van der Waals surface area contributed by atoms with E-state index in [2.05, 4.69) is 4.98 Å². The number of carbonyl (C=O) groups excluding carboxylic acids is 1. The highest BCUT2D eigenvalue weighted by atomic mass is 35.5. The number of aromatic nitrogens is 1. The molecule has 0 saturated heterocycles. The molecule has 2 N–H and O–H groups in total. The molecular formula is C21H22ClN3O4S. The van der Waals surface area contributed by atoms with Gasteiger partial charge >= 0.3 is 0 Å². The Hall–Kier alpha value is -2.68. The van der Waals surface area contributed by atoms with E-state index < -0.39 is 10.0 Å². The van der Waals surface area contributed by atoms with Crippen molar-refractivity contribution in [3.63, 3.8) is 0 Å². The molecule has 0 radical (unpaired) electrons. The van der Waals surface area contributed by atoms with E-state index in [4.69, 9.17) is 21.2 Å². The minimum Gasteiger partial charge on any atom is -0.441 e. The number of hydrogen-bond donors (Lipinski definition) is 1. The standard InChI is InChI=1S/C21H22ClN3O4S/c1-14(15-7-9-16(10-8-15)30(23,27)28)25(2)21(26)12-11-20-24-13-19(29-20)17-5-3-4-6-18(17)22/h3-10,13-14H,11-12H2,1-2H3,(H2,23,27,28)/t14-/m0/s1. The summed E-state index contributed by atoms with van der Waals surface area (Å²) >= 11 is 6.18. The fourth-order valence-electron chi connectivity index (χ4n) is 2.98. The maximum Gasteiger partial charge on any atom is 0.238 e. The van der Waals surface area contributed by atoms with E-state index in [1.54, 1.807) is 36.3 Å². The maximum absolute atomic E-state index is 12.6. The van der Waals surface area contributed by atoms with Crippen molar-refractivity contribution in [2.75, 3.05) is 7.05 Å². The number of amides is 1. The van der Waals surface area contributed by atoms with Crippen LogP contribution in [0.4, 0.5) is 0 Å². The van der Waals surface area contributed by atoms with Crippen LogP contribution in [-0.4, -0.2) is 31.3 Å². The lowest BCUT2D eigenvalue weighted by molar-refractivity contribution is -0.131. The first kappa shape index (κ1) is 22.0. The van der Waals surface area contributed by atoms with E-state index in [9.17, 15) is 13.2 Å². The zero-order valence-electron chi connectivity index (χ0n) is 16.6. The van der Waals surface area contributed by atoms with Crippen molar-refractivity contribution in [2.45, 2.75) is 30.7 Å². The summed E-state index contributed by atoms with van der Waals surface area (Å²) in [5.41, 5.74) is 1.55. The van der Waals surface area contributed by atoms with Gasteiger partial charge < -0.3 is 9.32 Å². The normalized spacial score (nSPS) is 12.5. The molecule has 0 spiro atoms. The fraction of sp³-hybridized carbons (Fsp3) is 0.238. The summed E-state index contributed by atoms with van der Waals surface area (Å²) in [5.74, 6) is 0.923. The molecule has 1 amide bonds. The third-order valence-corrected chi connectivity index (χ3v) is 6.17. The van der Waals surface area contributed by atoms with E-state index in [0.717, 1.165) is 11.1 Å². The molecule has 0 saturated carbocycles. The van der Waals surface area contributed by atoms with Crippen molar-refractivity contribution in [3.8, 4) is 11.3 Å². The van der Waals surface area contributed by atoms with Crippen molar-refractivity contribution in [3.05, 3.63) is 71.2 Å². The third-order valence-electron chi connectivity index (χ3n) is 4.91. The number of aryl methyl sites for hydroxylation is 1. The first-order chi connectivity index (χ1) is 14.2. The monoisotopic (exact) mass is 447 g/mol. The molecule has 7 nitrogen and oxygen atoms in total. The molecular weight excluding hydrogens is 426 g/mol. The molecule has 0 aliphatic rings. The van der Waals surface area contributed by atoms with Crippen molar-refractivity contribution in [1.29, 1.82) is 0 Å². The number of oxazole rings is 1. The number of rotatable bonds is 7. The Labute approximate surface area is 180 Å². The summed E-state index contributed by atoms with van der Waals surface area (Å²) in [6, 6.07) is 13.2. The molecule has 3 aromatic rings. The van der Waals surface area contributed by atoms with Gasteiger partial charge in [-0.3, -0.25) is 4.79 Å². The molecule has 2 aromatic carbocycles. The Morgan fingerprint density at radius 2 is 1.87 bits per heavy atom. The Kier molecular flexibility index (Phi) is 6.60. The summed E-state index contributed by atoms with van der Waals surface area (Å²) in [5, 5.41) is 5.69. The summed E-state index contributed by atoms with van der Waals surface area (Å²) in [6.07, 6.45) is 2.17. The minimum atomic E-state index is -3.75. The lowest BCUT2D eigenvalue weighted by Gasteiger charge is -2.25. The minimum absolute atomic E-state index is 0.0330. The number of carbonyl (C=O) groups is 1. The predicted molar refractivity (Wildman–Crippen MR) is 114 cm³/mol. The van der Waals surface area contributed by atoms with Crippen LogP contribution in [0.2, 0.25) is 5.02 Å². The van der Waals surface area contributed by atoms with E-state index in [1.165, 1.54) is 12.1 Å². The highest BCUT2D eigenvalue weighted by molar-refractivity contribution is 7.89. The van der Waals surface area contributed by atoms with E-state index in [-0.39, 0.29) is 23.3 Å². The van der Waals surface area contributed by atoms with Crippen LogP contribution in [0.1, 0.15) is 30.8 Å². The highest BCUT2D eigenvalue weighted by Crippen LogP contribution is 2.28. The summed E-state index contributed by atoms with van der Waals surface area (Å²) in [6.45, 7) is 1.87. The van der Waals surface area contributed by atoms with Gasteiger partial charge in [-0.05, 0) is 36.8 Å². The zero-order valence-corrected chi connectivity index (χ0v) is 18.2. The number of benzene rings is 2. The van der Waals surface area contributed by atoms with Crippen LogP contribution in [0.25, 0.3) is 11.3 Å². The first-order valence-corrected chi connectivity index (χ1v) is 11.2. The SMILES string of the molecule is C[C@@H](c1ccc(S(N)(=O)=O)cc1)N(C)C(=O)CCc1ncc(-c2ccccc2Cl)o1. The molecule has 9 heteroatoms. The topological polar surface area (TPSA) is 106 Å². The molecule has 158 valence electrons. The van der Waals surface area contributed by atoms with Crippen LogP contribution < -0.4 is 5.14 Å². The molecule has 3 rings (SSSR count). The Morgan fingerprint density at radius 3 is 2.50 bits per heavy atom. The van der Waals surface area contributed by atoms with E-state index in [0.29, 0.717) is 23.1 Å². The van der Waals surface area contributed by atoms with Crippen molar-refractivity contribution >= 4 is 27.5 Å². The van der Waals surface area contributed by atoms with Gasteiger partial charge in [-0.1, -0.05) is 35.9 Å². The molecule has 1 aromatic heterocycles. The van der Waals surface area contributed by atoms with Gasteiger partial charge in [0.05, 0.1) is 22.2 Å². The second-order valence-corrected chi connectivity index (χ2v) is 8.86. The number of halogens is 1. The van der Waals surface area contributed by atoms with Gasteiger partial charge in [0, 0.05) is 25.5 Å². The largest absolute Gasteiger partial charge is 0.441 e. The van der Waals surface area contributed by atoms with Crippen LogP contribution in [0.3, 0.4) is 0 Å². The summed E-state index contributed by atoms with van der Waals surface area (Å²) < 4.78 is 28.5. The lowest BCUT2D eigenvalue weighted by atomic mass is 10.1. The highest BCUT2D eigenvalue weighted by Gasteiger charge is 2.19. The maximum atomic E-state index is 12.6. The van der Waals surface area contributed by atoms with Gasteiger partial charge in [0.25, 0.3) is 0 Å². The number of primary sulfonamides is 1. The third kappa shape index (κ3) is 5.08. The van der Waals surface area contributed by atoms with Crippen LogP contribution in [0.15, 0.2) is 64.0 Å². The predicted octanol–water partition coefficient (Wildman–Crippen LogP) is 3.79. The van der Waals surface area contributed by atoms with Crippen molar-refractivity contribution in [1.82, 2.24) is 9.88 Å². The Bertz CT molecular complexity index is 1140. The van der Waals surface area contributed by atoms with E-state index >= 15 is 0 Å². The van der Waals surface area contributed by atoms with Crippen LogP contribution in [-0.2, 0) is 21.2 Å². The second-order valence-electron chi connectivity index (χ2n) is 6.89. The number of sulfonamides is 1. The van der Waals surface area contributed by atoms with Gasteiger partial charge in [0.15, 0.2) is 11.7 Å². The number of nitrogens with two attached hydrogens (primary N) is 1. The van der Waals surface area contributed by atoms with Crippen molar-refractivity contribution in [2.24, 2.45) is 5.14 Å². The van der Waals surface area contributed by atoms with Gasteiger partial charge in [0.1, 0.15) is 0 Å². The second kappa shape index (κ2) is 8.99. The Balaban J connectivity index is 1.61. The molecule has 0 aliphatic carbocycles. The average molecular weight is 448 g/mol. The molecule has 1 heterocycles. The van der Waals surface area contributed by atoms with E-state index in [1.807, 2.05) is 25.1 Å². The van der Waals surface area contributed by atoms with Gasteiger partial charge in [-0.2, -0.15) is 0 Å². The Morgan fingerprint density at radius 1 is 1.20 bits per heavy atom. The smallest absolute Gasteiger partial charge is 0.238 e. The molecule has 0 aliphatic heterocycles. The molecule has 0 unspecified atom stereocenters. The fourth-order valence-corrected chi connectivity index (χ4v) is 3.72. The summed E-state index contributed by atoms with van der Waals surface area (Å²) in [7, 11) is -2.05. The quantitative estimate of drug-likeness (QED) is 0.592. The lowest BCUT2D eigenvalue weighted by Crippen LogP contribution is -2.29. The van der Waals surface area contributed by atoms with Gasteiger partial charge in [0.2, 0.25) is 15.9 Å². The van der Waals surface area contributed by atoms with Crippen LogP contribution >= 0.6 is 11.6 Å². The first-order valence-electron chi connectivity index (χ1n) is 9.25. The molecule has 0 fully saturated rings. The van der Waals surface area contributed by atoms with Crippen molar-refractivity contribution < 1.29 is 17.6 Å². The number of nitrogens with zero attached hydrogens (tertiary/aromatic N) is 2. The number of hydrogen-bond acceptors (Lipinski definition) is 5. The average Bonchev–Trinajstić information content (AvgIpc) is 3.19. The molecule has 0 bridgehead atoms. The van der Waals surface area contributed by atoms with Crippen LogP contribution in [0, 0.1) is 0 Å². The molecule has 1 atom stereocenters. The summed E-state index contributed by atoms with van der Waals surface area (Å²) in [4.78, 5) is 18.5. The van der Waals surface area contributed by atoms with Gasteiger partial charge in [-0.15, -0.1) is 0 Å².